The Bertz CT molecular complexity index is 796. The first-order chi connectivity index (χ1) is 10.7. The number of nitrogens with zero attached hydrogens (tertiary/aromatic N) is 3. The lowest BCUT2D eigenvalue weighted by Gasteiger charge is -2.28. The van der Waals surface area contributed by atoms with Gasteiger partial charge in [0, 0.05) is 24.8 Å². The van der Waals surface area contributed by atoms with Crippen molar-refractivity contribution < 1.29 is 0 Å². The van der Waals surface area contributed by atoms with Crippen LogP contribution in [0.15, 0.2) is 30.6 Å². The first kappa shape index (κ1) is 13.9. The van der Waals surface area contributed by atoms with Gasteiger partial charge in [-0.05, 0) is 43.0 Å². The van der Waals surface area contributed by atoms with E-state index in [2.05, 4.69) is 35.5 Å². The van der Waals surface area contributed by atoms with Gasteiger partial charge in [-0.15, -0.1) is 11.3 Å². The SMILES string of the molecule is C[C@H]1CC[C@H](c2ccc3sc(-c4cnn(C)c4)nc3c2)NC1. The molecule has 0 saturated carbocycles. The van der Waals surface area contributed by atoms with Crippen molar-refractivity contribution in [3.8, 4) is 10.6 Å². The lowest BCUT2D eigenvalue weighted by molar-refractivity contribution is 0.333. The zero-order valence-corrected chi connectivity index (χ0v) is 13.7. The summed E-state index contributed by atoms with van der Waals surface area (Å²) in [4.78, 5) is 4.80. The van der Waals surface area contributed by atoms with E-state index in [-0.39, 0.29) is 0 Å². The van der Waals surface area contributed by atoms with E-state index in [4.69, 9.17) is 4.98 Å². The summed E-state index contributed by atoms with van der Waals surface area (Å²) in [7, 11) is 1.94. The number of thiazole rings is 1. The van der Waals surface area contributed by atoms with Gasteiger partial charge in [0.1, 0.15) is 5.01 Å². The quantitative estimate of drug-likeness (QED) is 0.783. The van der Waals surface area contributed by atoms with Crippen molar-refractivity contribution in [2.45, 2.75) is 25.8 Å². The second kappa shape index (κ2) is 5.48. The number of aromatic nitrogens is 3. The van der Waals surface area contributed by atoms with Crippen LogP contribution < -0.4 is 5.32 Å². The van der Waals surface area contributed by atoms with E-state index in [0.717, 1.165) is 28.6 Å². The van der Waals surface area contributed by atoms with Crippen LogP contribution in [0.25, 0.3) is 20.8 Å². The minimum atomic E-state index is 0.476. The van der Waals surface area contributed by atoms with Crippen LogP contribution >= 0.6 is 11.3 Å². The highest BCUT2D eigenvalue weighted by atomic mass is 32.1. The molecule has 22 heavy (non-hydrogen) atoms. The Labute approximate surface area is 134 Å². The van der Waals surface area contributed by atoms with E-state index in [1.54, 1.807) is 11.3 Å². The first-order valence-corrected chi connectivity index (χ1v) is 8.63. The molecule has 2 atom stereocenters. The molecule has 2 aromatic heterocycles. The van der Waals surface area contributed by atoms with Crippen LogP contribution in [0.4, 0.5) is 0 Å². The highest BCUT2D eigenvalue weighted by Crippen LogP contribution is 2.33. The normalized spacial score (nSPS) is 22.3. The minimum absolute atomic E-state index is 0.476. The number of nitrogens with one attached hydrogen (secondary N) is 1. The Balaban J connectivity index is 1.66. The van der Waals surface area contributed by atoms with E-state index < -0.39 is 0 Å². The van der Waals surface area contributed by atoms with Crippen molar-refractivity contribution in [2.75, 3.05) is 6.54 Å². The maximum atomic E-state index is 4.80. The Morgan fingerprint density at radius 2 is 2.23 bits per heavy atom. The van der Waals surface area contributed by atoms with E-state index in [1.165, 1.54) is 23.1 Å². The average molecular weight is 312 g/mol. The molecule has 4 nitrogen and oxygen atoms in total. The molecular weight excluding hydrogens is 292 g/mol. The molecule has 3 aromatic rings. The summed E-state index contributed by atoms with van der Waals surface area (Å²) >= 11 is 1.73. The molecule has 3 heterocycles. The maximum absolute atomic E-state index is 4.80. The second-order valence-corrected chi connectivity index (χ2v) is 7.32. The molecule has 0 radical (unpaired) electrons. The molecule has 0 spiro atoms. The molecule has 0 amide bonds. The van der Waals surface area contributed by atoms with Gasteiger partial charge in [0.15, 0.2) is 0 Å². The van der Waals surface area contributed by atoms with Crippen molar-refractivity contribution in [3.05, 3.63) is 36.2 Å². The third-order valence-corrected chi connectivity index (χ3v) is 5.51. The van der Waals surface area contributed by atoms with Gasteiger partial charge in [-0.3, -0.25) is 4.68 Å². The molecule has 1 saturated heterocycles. The van der Waals surface area contributed by atoms with E-state index in [1.807, 2.05) is 24.1 Å². The fraction of sp³-hybridized carbons (Fsp3) is 0.412. The van der Waals surface area contributed by atoms with E-state index in [9.17, 15) is 0 Å². The van der Waals surface area contributed by atoms with Crippen LogP contribution in [0.2, 0.25) is 0 Å². The molecule has 1 aliphatic rings. The summed E-state index contributed by atoms with van der Waals surface area (Å²) in [6.45, 7) is 3.42. The number of fused-ring (bicyclic) bond motifs is 1. The van der Waals surface area contributed by atoms with Gasteiger partial charge < -0.3 is 5.32 Å². The van der Waals surface area contributed by atoms with Crippen molar-refractivity contribution in [2.24, 2.45) is 13.0 Å². The molecule has 1 aromatic carbocycles. The van der Waals surface area contributed by atoms with Crippen LogP contribution in [-0.4, -0.2) is 21.3 Å². The molecule has 1 aliphatic heterocycles. The summed E-state index contributed by atoms with van der Waals surface area (Å²) in [5, 5.41) is 8.94. The van der Waals surface area contributed by atoms with Gasteiger partial charge in [0.05, 0.1) is 16.4 Å². The predicted octanol–water partition coefficient (Wildman–Crippen LogP) is 3.76. The number of aryl methyl sites for hydroxylation is 1. The van der Waals surface area contributed by atoms with E-state index in [0.29, 0.717) is 6.04 Å². The lowest BCUT2D eigenvalue weighted by atomic mass is 9.92. The largest absolute Gasteiger partial charge is 0.310 e. The number of piperidine rings is 1. The van der Waals surface area contributed by atoms with Gasteiger partial charge >= 0.3 is 0 Å². The van der Waals surface area contributed by atoms with Gasteiger partial charge in [0.2, 0.25) is 0 Å². The van der Waals surface area contributed by atoms with Gasteiger partial charge in [-0.25, -0.2) is 4.98 Å². The van der Waals surface area contributed by atoms with E-state index >= 15 is 0 Å². The third-order valence-electron chi connectivity index (χ3n) is 4.43. The second-order valence-electron chi connectivity index (χ2n) is 6.29. The van der Waals surface area contributed by atoms with Crippen LogP contribution in [0.5, 0.6) is 0 Å². The van der Waals surface area contributed by atoms with Crippen LogP contribution in [0, 0.1) is 5.92 Å². The molecule has 1 N–H and O–H groups in total. The number of hydrogen-bond acceptors (Lipinski definition) is 4. The standard InChI is InChI=1S/C17H20N4S/c1-11-3-5-14(18-8-11)12-4-6-16-15(7-12)20-17(22-16)13-9-19-21(2)10-13/h4,6-7,9-11,14,18H,3,5,8H2,1-2H3/t11-,14+/m0/s1. The third kappa shape index (κ3) is 2.55. The molecule has 0 bridgehead atoms. The Kier molecular flexibility index (Phi) is 3.47. The van der Waals surface area contributed by atoms with Crippen molar-refractivity contribution >= 4 is 21.6 Å². The van der Waals surface area contributed by atoms with Crippen molar-refractivity contribution in [1.29, 1.82) is 0 Å². The Morgan fingerprint density at radius 1 is 1.32 bits per heavy atom. The molecule has 1 fully saturated rings. The molecule has 0 aliphatic carbocycles. The topological polar surface area (TPSA) is 42.7 Å². The van der Waals surface area contributed by atoms with Crippen molar-refractivity contribution in [3.63, 3.8) is 0 Å². The summed E-state index contributed by atoms with van der Waals surface area (Å²) in [5.41, 5.74) is 3.55. The first-order valence-electron chi connectivity index (χ1n) is 7.82. The monoisotopic (exact) mass is 312 g/mol. The molecule has 4 rings (SSSR count). The summed E-state index contributed by atoms with van der Waals surface area (Å²) in [6, 6.07) is 7.19. The highest BCUT2D eigenvalue weighted by molar-refractivity contribution is 7.21. The number of benzene rings is 1. The van der Waals surface area contributed by atoms with Gasteiger partial charge in [0.25, 0.3) is 0 Å². The highest BCUT2D eigenvalue weighted by Gasteiger charge is 2.19. The van der Waals surface area contributed by atoms with Crippen LogP contribution in [-0.2, 0) is 7.05 Å². The molecule has 114 valence electrons. The maximum Gasteiger partial charge on any atom is 0.127 e. The zero-order valence-electron chi connectivity index (χ0n) is 12.9. The summed E-state index contributed by atoms with van der Waals surface area (Å²) in [6.07, 6.45) is 6.41. The zero-order chi connectivity index (χ0) is 15.1. The average Bonchev–Trinajstić information content (AvgIpc) is 3.13. The summed E-state index contributed by atoms with van der Waals surface area (Å²) in [5.74, 6) is 0.788. The van der Waals surface area contributed by atoms with Crippen LogP contribution in [0.3, 0.4) is 0 Å². The predicted molar refractivity (Wildman–Crippen MR) is 91.0 cm³/mol. The van der Waals surface area contributed by atoms with Gasteiger partial charge in [-0.1, -0.05) is 13.0 Å². The molecular formula is C17H20N4S. The smallest absolute Gasteiger partial charge is 0.127 e. The Morgan fingerprint density at radius 3 is 2.95 bits per heavy atom. The fourth-order valence-corrected chi connectivity index (χ4v) is 4.02. The van der Waals surface area contributed by atoms with Gasteiger partial charge in [-0.2, -0.15) is 5.10 Å². The lowest BCUT2D eigenvalue weighted by Crippen LogP contribution is -2.31. The van der Waals surface area contributed by atoms with Crippen molar-refractivity contribution in [1.82, 2.24) is 20.1 Å². The minimum Gasteiger partial charge on any atom is -0.310 e. The molecule has 5 heteroatoms. The summed E-state index contributed by atoms with van der Waals surface area (Å²) < 4.78 is 3.06. The fourth-order valence-electron chi connectivity index (χ4n) is 3.10. The molecule has 0 unspecified atom stereocenters. The number of hydrogen-bond donors (Lipinski definition) is 1. The van der Waals surface area contributed by atoms with Crippen LogP contribution in [0.1, 0.15) is 31.4 Å². The number of rotatable bonds is 2. The Hall–Kier alpha value is -1.72.